The molecular formula is C20H20N4O2S. The van der Waals surface area contributed by atoms with Crippen LogP contribution in [0, 0.1) is 0 Å². The van der Waals surface area contributed by atoms with Crippen LogP contribution in [0.3, 0.4) is 0 Å². The highest BCUT2D eigenvalue weighted by Gasteiger charge is 2.42. The zero-order valence-corrected chi connectivity index (χ0v) is 15.7. The molecule has 0 radical (unpaired) electrons. The summed E-state index contributed by atoms with van der Waals surface area (Å²) in [6, 6.07) is 9.78. The van der Waals surface area contributed by atoms with Crippen LogP contribution < -0.4 is 0 Å². The third kappa shape index (κ3) is 2.78. The van der Waals surface area contributed by atoms with Crippen molar-refractivity contribution in [1.82, 2.24) is 20.1 Å². The Kier molecular flexibility index (Phi) is 4.06. The summed E-state index contributed by atoms with van der Waals surface area (Å²) in [6.45, 7) is 2.16. The molecule has 0 atom stereocenters. The summed E-state index contributed by atoms with van der Waals surface area (Å²) in [7, 11) is 0. The van der Waals surface area contributed by atoms with E-state index in [1.807, 2.05) is 29.2 Å². The maximum absolute atomic E-state index is 13.2. The summed E-state index contributed by atoms with van der Waals surface area (Å²) in [5, 5.41) is 8.92. The number of benzene rings is 1. The van der Waals surface area contributed by atoms with E-state index in [9.17, 15) is 4.79 Å². The van der Waals surface area contributed by atoms with Gasteiger partial charge in [0.15, 0.2) is 5.82 Å². The summed E-state index contributed by atoms with van der Waals surface area (Å²) in [4.78, 5) is 20.7. The molecule has 6 nitrogen and oxygen atoms in total. The number of H-pyrrole nitrogens is 1. The molecule has 1 N–H and O–H groups in total. The van der Waals surface area contributed by atoms with Crippen LogP contribution in [0.25, 0.3) is 11.4 Å². The molecule has 0 bridgehead atoms. The zero-order chi connectivity index (χ0) is 18.3. The largest absolute Gasteiger partial charge is 0.369 e. The minimum absolute atomic E-state index is 0.0408. The fourth-order valence-electron chi connectivity index (χ4n) is 4.18. The van der Waals surface area contributed by atoms with Crippen molar-refractivity contribution in [2.24, 2.45) is 0 Å². The van der Waals surface area contributed by atoms with Gasteiger partial charge in [-0.1, -0.05) is 18.2 Å². The lowest BCUT2D eigenvalue weighted by molar-refractivity contribution is -0.0906. The molecule has 138 valence electrons. The van der Waals surface area contributed by atoms with Crippen molar-refractivity contribution < 1.29 is 9.53 Å². The van der Waals surface area contributed by atoms with Crippen molar-refractivity contribution in [2.45, 2.75) is 24.9 Å². The average molecular weight is 380 g/mol. The lowest BCUT2D eigenvalue weighted by Crippen LogP contribution is -2.48. The molecule has 5 rings (SSSR count). The van der Waals surface area contributed by atoms with Gasteiger partial charge in [0.05, 0.1) is 12.2 Å². The molecule has 1 amide bonds. The maximum atomic E-state index is 13.2. The topological polar surface area (TPSA) is 71.1 Å². The predicted molar refractivity (Wildman–Crippen MR) is 103 cm³/mol. The predicted octanol–water partition coefficient (Wildman–Crippen LogP) is 3.24. The van der Waals surface area contributed by atoms with Crippen LogP contribution in [-0.4, -0.2) is 45.7 Å². The third-order valence-electron chi connectivity index (χ3n) is 5.60. The van der Waals surface area contributed by atoms with Crippen LogP contribution in [0.15, 0.2) is 42.0 Å². The average Bonchev–Trinajstić information content (AvgIpc) is 3.41. The van der Waals surface area contributed by atoms with Gasteiger partial charge in [-0.15, -0.1) is 11.3 Å². The van der Waals surface area contributed by atoms with E-state index in [-0.39, 0.29) is 11.5 Å². The Morgan fingerprint density at radius 3 is 2.89 bits per heavy atom. The second-order valence-corrected chi connectivity index (χ2v) is 7.96. The first kappa shape index (κ1) is 16.6. The lowest BCUT2D eigenvalue weighted by atomic mass is 9.85. The van der Waals surface area contributed by atoms with Gasteiger partial charge in [0.1, 0.15) is 11.9 Å². The van der Waals surface area contributed by atoms with E-state index in [0.717, 1.165) is 31.4 Å². The molecule has 1 spiro atoms. The van der Waals surface area contributed by atoms with Crippen molar-refractivity contribution in [2.75, 3.05) is 19.7 Å². The van der Waals surface area contributed by atoms with Crippen LogP contribution in [0.5, 0.6) is 0 Å². The van der Waals surface area contributed by atoms with E-state index in [1.54, 1.807) is 11.3 Å². The number of aromatic amines is 1. The standard InChI is InChI=1S/C20H20N4O2S/c25-19(16-4-2-1-3-15(16)18-21-13-22-23-18)24-9-7-20(8-10-24)17-14(5-11-26-20)6-12-27-17/h1-4,6,12-13H,5,7-11H2,(H,21,22,23). The molecule has 27 heavy (non-hydrogen) atoms. The number of fused-ring (bicyclic) bond motifs is 2. The zero-order valence-electron chi connectivity index (χ0n) is 14.9. The van der Waals surface area contributed by atoms with Gasteiger partial charge in [-0.05, 0) is 42.3 Å². The normalized spacial score (nSPS) is 18.4. The number of thiophene rings is 1. The van der Waals surface area contributed by atoms with Crippen LogP contribution in [0.2, 0.25) is 0 Å². The number of hydrogen-bond donors (Lipinski definition) is 1. The molecule has 1 saturated heterocycles. The molecule has 7 heteroatoms. The molecule has 4 heterocycles. The van der Waals surface area contributed by atoms with Crippen LogP contribution in [0.1, 0.15) is 33.6 Å². The number of aromatic nitrogens is 3. The summed E-state index contributed by atoms with van der Waals surface area (Å²) in [5.74, 6) is 0.658. The summed E-state index contributed by atoms with van der Waals surface area (Å²) >= 11 is 1.79. The number of hydrogen-bond acceptors (Lipinski definition) is 5. The first-order valence-electron chi connectivity index (χ1n) is 9.22. The highest BCUT2D eigenvalue weighted by atomic mass is 32.1. The van der Waals surface area contributed by atoms with E-state index in [1.165, 1.54) is 16.8 Å². The van der Waals surface area contributed by atoms with E-state index in [4.69, 9.17) is 4.74 Å². The number of amides is 1. The molecule has 2 aliphatic rings. The molecule has 0 aliphatic carbocycles. The Balaban J connectivity index is 1.38. The molecular weight excluding hydrogens is 360 g/mol. The van der Waals surface area contributed by atoms with Gasteiger partial charge < -0.3 is 9.64 Å². The minimum Gasteiger partial charge on any atom is -0.369 e. The summed E-state index contributed by atoms with van der Waals surface area (Å²) < 4.78 is 6.26. The van der Waals surface area contributed by atoms with Crippen molar-refractivity contribution >= 4 is 17.2 Å². The minimum atomic E-state index is -0.205. The first-order chi connectivity index (χ1) is 13.3. The molecule has 1 aromatic carbocycles. The fourth-order valence-corrected chi connectivity index (χ4v) is 5.35. The van der Waals surface area contributed by atoms with Gasteiger partial charge in [0, 0.05) is 23.5 Å². The SMILES string of the molecule is O=C(c1ccccc1-c1ncn[nH]1)N1CCC2(CC1)OCCc1ccsc12. The molecule has 2 aliphatic heterocycles. The Labute approximate surface area is 161 Å². The number of ether oxygens (including phenoxy) is 1. The molecule has 0 unspecified atom stereocenters. The highest BCUT2D eigenvalue weighted by molar-refractivity contribution is 7.10. The van der Waals surface area contributed by atoms with Gasteiger partial charge in [0.2, 0.25) is 0 Å². The Morgan fingerprint density at radius 2 is 2.07 bits per heavy atom. The smallest absolute Gasteiger partial charge is 0.254 e. The van der Waals surface area contributed by atoms with Gasteiger partial charge in [-0.2, -0.15) is 5.10 Å². The third-order valence-corrected chi connectivity index (χ3v) is 6.74. The number of rotatable bonds is 2. The summed E-state index contributed by atoms with van der Waals surface area (Å²) in [5.41, 5.74) is 2.66. The number of carbonyl (C=O) groups excluding carboxylic acids is 1. The van der Waals surface area contributed by atoms with Crippen molar-refractivity contribution in [3.05, 3.63) is 58.0 Å². The molecule has 2 aromatic heterocycles. The highest BCUT2D eigenvalue weighted by Crippen LogP contribution is 2.44. The Bertz CT molecular complexity index is 958. The number of likely N-dealkylation sites (tertiary alicyclic amines) is 1. The van der Waals surface area contributed by atoms with Crippen molar-refractivity contribution in [1.29, 1.82) is 0 Å². The van der Waals surface area contributed by atoms with E-state index >= 15 is 0 Å². The first-order valence-corrected chi connectivity index (χ1v) is 10.1. The molecule has 1 fully saturated rings. The Hall–Kier alpha value is -2.51. The number of nitrogens with one attached hydrogen (secondary N) is 1. The quantitative estimate of drug-likeness (QED) is 0.741. The number of piperidine rings is 1. The van der Waals surface area contributed by atoms with Gasteiger partial charge in [-0.25, -0.2) is 4.98 Å². The number of carbonyl (C=O) groups is 1. The van der Waals surface area contributed by atoms with Gasteiger partial charge >= 0.3 is 0 Å². The van der Waals surface area contributed by atoms with Crippen molar-refractivity contribution in [3.8, 4) is 11.4 Å². The number of nitrogens with zero attached hydrogens (tertiary/aromatic N) is 3. The van der Waals surface area contributed by atoms with Crippen LogP contribution in [0.4, 0.5) is 0 Å². The van der Waals surface area contributed by atoms with Gasteiger partial charge in [0.25, 0.3) is 5.91 Å². The Morgan fingerprint density at radius 1 is 1.22 bits per heavy atom. The lowest BCUT2D eigenvalue weighted by Gasteiger charge is -2.43. The van der Waals surface area contributed by atoms with E-state index in [2.05, 4.69) is 26.6 Å². The second kappa shape index (κ2) is 6.58. The van der Waals surface area contributed by atoms with E-state index < -0.39 is 0 Å². The molecule has 3 aromatic rings. The van der Waals surface area contributed by atoms with E-state index in [0.29, 0.717) is 24.5 Å². The van der Waals surface area contributed by atoms with Crippen LogP contribution >= 0.6 is 11.3 Å². The molecule has 0 saturated carbocycles. The monoisotopic (exact) mass is 380 g/mol. The summed E-state index contributed by atoms with van der Waals surface area (Å²) in [6.07, 6.45) is 4.14. The van der Waals surface area contributed by atoms with Crippen molar-refractivity contribution in [3.63, 3.8) is 0 Å². The maximum Gasteiger partial charge on any atom is 0.254 e. The second-order valence-electron chi connectivity index (χ2n) is 7.04. The fraction of sp³-hybridized carbons (Fsp3) is 0.350. The van der Waals surface area contributed by atoms with Crippen LogP contribution in [-0.2, 0) is 16.8 Å². The van der Waals surface area contributed by atoms with Gasteiger partial charge in [-0.3, -0.25) is 9.89 Å².